The van der Waals surface area contributed by atoms with E-state index in [9.17, 15) is 8.42 Å². The second-order valence-corrected chi connectivity index (χ2v) is 7.50. The zero-order valence-corrected chi connectivity index (χ0v) is 11.5. The van der Waals surface area contributed by atoms with E-state index in [1.165, 1.54) is 12.8 Å². The van der Waals surface area contributed by atoms with Gasteiger partial charge in [-0.3, -0.25) is 4.90 Å². The third-order valence-corrected chi connectivity index (χ3v) is 5.59. The molecule has 1 atom stereocenters. The summed E-state index contributed by atoms with van der Waals surface area (Å²) < 4.78 is 23.0. The van der Waals surface area contributed by atoms with Gasteiger partial charge >= 0.3 is 0 Å². The van der Waals surface area contributed by atoms with Crippen LogP contribution in [0.4, 0.5) is 0 Å². The van der Waals surface area contributed by atoms with Gasteiger partial charge in [-0.1, -0.05) is 6.92 Å². The van der Waals surface area contributed by atoms with Crippen LogP contribution in [0.2, 0.25) is 0 Å². The Hall–Kier alpha value is -0.130. The first kappa shape index (κ1) is 13.3. The SMILES string of the molecule is CCN(CCNC1CCCS(=O)(=O)C1)C1CC1. The third-order valence-electron chi connectivity index (χ3n) is 3.76. The number of hydrogen-bond donors (Lipinski definition) is 1. The second kappa shape index (κ2) is 5.67. The summed E-state index contributed by atoms with van der Waals surface area (Å²) in [4.78, 5) is 2.49. The molecule has 1 unspecified atom stereocenters. The minimum atomic E-state index is -2.77. The fraction of sp³-hybridized carbons (Fsp3) is 1.00. The number of nitrogens with zero attached hydrogens (tertiary/aromatic N) is 1. The van der Waals surface area contributed by atoms with Gasteiger partial charge in [0.1, 0.15) is 0 Å². The maximum absolute atomic E-state index is 11.5. The van der Waals surface area contributed by atoms with Crippen molar-refractivity contribution in [2.75, 3.05) is 31.1 Å². The van der Waals surface area contributed by atoms with Gasteiger partial charge < -0.3 is 5.32 Å². The van der Waals surface area contributed by atoms with Gasteiger partial charge in [-0.15, -0.1) is 0 Å². The third kappa shape index (κ3) is 4.23. The maximum atomic E-state index is 11.5. The molecule has 17 heavy (non-hydrogen) atoms. The van der Waals surface area contributed by atoms with Crippen LogP contribution in [0.3, 0.4) is 0 Å². The van der Waals surface area contributed by atoms with E-state index in [-0.39, 0.29) is 6.04 Å². The molecular formula is C12H24N2O2S. The Morgan fingerprint density at radius 2 is 2.06 bits per heavy atom. The van der Waals surface area contributed by atoms with E-state index in [4.69, 9.17) is 0 Å². The number of hydrogen-bond acceptors (Lipinski definition) is 4. The summed E-state index contributed by atoms with van der Waals surface area (Å²) in [7, 11) is -2.77. The largest absolute Gasteiger partial charge is 0.312 e. The van der Waals surface area contributed by atoms with Gasteiger partial charge in [0.2, 0.25) is 0 Å². The summed E-state index contributed by atoms with van der Waals surface area (Å²) in [6.45, 7) is 5.28. The monoisotopic (exact) mass is 260 g/mol. The molecule has 0 aromatic carbocycles. The summed E-state index contributed by atoms with van der Waals surface area (Å²) in [6.07, 6.45) is 4.51. The van der Waals surface area contributed by atoms with Gasteiger partial charge in [0.25, 0.3) is 0 Å². The summed E-state index contributed by atoms with van der Waals surface area (Å²) in [5.74, 6) is 0.719. The molecule has 1 aliphatic heterocycles. The molecule has 0 bridgehead atoms. The molecule has 0 amide bonds. The highest BCUT2D eigenvalue weighted by Crippen LogP contribution is 2.25. The molecule has 0 aromatic heterocycles. The molecule has 1 N–H and O–H groups in total. The Balaban J connectivity index is 1.67. The van der Waals surface area contributed by atoms with Crippen LogP contribution in [-0.2, 0) is 9.84 Å². The average Bonchev–Trinajstić information content (AvgIpc) is 3.07. The van der Waals surface area contributed by atoms with Crippen LogP contribution in [0.15, 0.2) is 0 Å². The predicted molar refractivity (Wildman–Crippen MR) is 69.9 cm³/mol. The highest BCUT2D eigenvalue weighted by Gasteiger charge is 2.28. The molecule has 0 radical (unpaired) electrons. The Bertz CT molecular complexity index is 338. The van der Waals surface area contributed by atoms with Crippen LogP contribution in [-0.4, -0.2) is 56.5 Å². The van der Waals surface area contributed by atoms with E-state index in [2.05, 4.69) is 17.1 Å². The van der Waals surface area contributed by atoms with Crippen molar-refractivity contribution in [2.24, 2.45) is 0 Å². The lowest BCUT2D eigenvalue weighted by atomic mass is 10.2. The van der Waals surface area contributed by atoms with Gasteiger partial charge in [-0.2, -0.15) is 0 Å². The highest BCUT2D eigenvalue weighted by atomic mass is 32.2. The fourth-order valence-electron chi connectivity index (χ4n) is 2.63. The van der Waals surface area contributed by atoms with Crippen molar-refractivity contribution >= 4 is 9.84 Å². The van der Waals surface area contributed by atoms with Crippen molar-refractivity contribution in [1.82, 2.24) is 10.2 Å². The molecule has 0 aromatic rings. The van der Waals surface area contributed by atoms with E-state index in [0.717, 1.165) is 38.5 Å². The lowest BCUT2D eigenvalue weighted by Crippen LogP contribution is -2.43. The first-order valence-electron chi connectivity index (χ1n) is 6.78. The highest BCUT2D eigenvalue weighted by molar-refractivity contribution is 7.91. The van der Waals surface area contributed by atoms with Crippen LogP contribution in [0.5, 0.6) is 0 Å². The van der Waals surface area contributed by atoms with Gasteiger partial charge in [0.15, 0.2) is 9.84 Å². The van der Waals surface area contributed by atoms with Crippen LogP contribution < -0.4 is 5.32 Å². The van der Waals surface area contributed by atoms with Crippen LogP contribution in [0.1, 0.15) is 32.6 Å². The van der Waals surface area contributed by atoms with E-state index in [1.807, 2.05) is 0 Å². The van der Waals surface area contributed by atoms with Gasteiger partial charge in [-0.05, 0) is 32.2 Å². The Labute approximate surface area is 105 Å². The predicted octanol–water partition coefficient (Wildman–Crippen LogP) is 0.638. The first-order valence-corrected chi connectivity index (χ1v) is 8.61. The molecule has 4 nitrogen and oxygen atoms in total. The molecule has 1 saturated carbocycles. The summed E-state index contributed by atoms with van der Waals surface area (Å²) in [5.41, 5.74) is 0. The van der Waals surface area contributed by atoms with Crippen molar-refractivity contribution in [3.8, 4) is 0 Å². The summed E-state index contributed by atoms with van der Waals surface area (Å²) >= 11 is 0. The van der Waals surface area contributed by atoms with Crippen molar-refractivity contribution in [2.45, 2.75) is 44.7 Å². The standard InChI is InChI=1S/C12H24N2O2S/c1-2-14(12-5-6-12)8-7-13-11-4-3-9-17(15,16)10-11/h11-13H,2-10H2,1H3. The Morgan fingerprint density at radius 1 is 1.29 bits per heavy atom. The topological polar surface area (TPSA) is 49.4 Å². The van der Waals surface area contributed by atoms with Gasteiger partial charge in [0, 0.05) is 25.2 Å². The maximum Gasteiger partial charge on any atom is 0.151 e. The van der Waals surface area contributed by atoms with E-state index in [1.54, 1.807) is 0 Å². The Morgan fingerprint density at radius 3 is 2.65 bits per heavy atom. The number of rotatable bonds is 6. The lowest BCUT2D eigenvalue weighted by molar-refractivity contribution is 0.272. The zero-order chi connectivity index (χ0) is 12.3. The van der Waals surface area contributed by atoms with E-state index < -0.39 is 9.84 Å². The molecule has 5 heteroatoms. The number of nitrogens with one attached hydrogen (secondary N) is 1. The average molecular weight is 260 g/mol. The fourth-order valence-corrected chi connectivity index (χ4v) is 4.31. The summed E-state index contributed by atoms with van der Waals surface area (Å²) in [5, 5.41) is 3.40. The molecular weight excluding hydrogens is 236 g/mol. The quantitative estimate of drug-likeness (QED) is 0.761. The molecule has 1 heterocycles. The molecule has 1 saturated heterocycles. The summed E-state index contributed by atoms with van der Waals surface area (Å²) in [6, 6.07) is 0.989. The van der Waals surface area contributed by atoms with Crippen LogP contribution in [0, 0.1) is 0 Å². The number of sulfone groups is 1. The smallest absolute Gasteiger partial charge is 0.151 e. The minimum Gasteiger partial charge on any atom is -0.312 e. The Kier molecular flexibility index (Phi) is 4.44. The van der Waals surface area contributed by atoms with Gasteiger partial charge in [0.05, 0.1) is 11.5 Å². The van der Waals surface area contributed by atoms with Crippen molar-refractivity contribution < 1.29 is 8.42 Å². The lowest BCUT2D eigenvalue weighted by Gasteiger charge is -2.25. The van der Waals surface area contributed by atoms with Crippen molar-refractivity contribution in [3.63, 3.8) is 0 Å². The molecule has 2 fully saturated rings. The molecule has 2 rings (SSSR count). The molecule has 1 aliphatic carbocycles. The molecule has 2 aliphatic rings. The van der Waals surface area contributed by atoms with Crippen LogP contribution in [0.25, 0.3) is 0 Å². The molecule has 100 valence electrons. The first-order chi connectivity index (χ1) is 8.11. The van der Waals surface area contributed by atoms with Crippen LogP contribution >= 0.6 is 0 Å². The minimum absolute atomic E-state index is 0.187. The zero-order valence-electron chi connectivity index (χ0n) is 10.7. The molecule has 0 spiro atoms. The van der Waals surface area contributed by atoms with E-state index in [0.29, 0.717) is 11.5 Å². The number of likely N-dealkylation sites (N-methyl/N-ethyl adjacent to an activating group) is 1. The van der Waals surface area contributed by atoms with E-state index >= 15 is 0 Å². The second-order valence-electron chi connectivity index (χ2n) is 5.27. The normalized spacial score (nSPS) is 28.5. The van der Waals surface area contributed by atoms with Gasteiger partial charge in [-0.25, -0.2) is 8.42 Å². The van der Waals surface area contributed by atoms with Crippen molar-refractivity contribution in [1.29, 1.82) is 0 Å². The van der Waals surface area contributed by atoms with Crippen molar-refractivity contribution in [3.05, 3.63) is 0 Å².